The van der Waals surface area contributed by atoms with Crippen molar-refractivity contribution in [3.05, 3.63) is 63.1 Å². The van der Waals surface area contributed by atoms with Crippen LogP contribution >= 0.6 is 15.9 Å². The van der Waals surface area contributed by atoms with E-state index in [4.69, 9.17) is 9.47 Å². The third-order valence-corrected chi connectivity index (χ3v) is 7.47. The SMILES string of the molecule is CC(C)(C)OC(=O)N1Cc2ccc(Br)cc2C1.CN1CCN(c2ccc3c(c2)CN(C(=O)OC(C)(C)C)C3)CC1. The molecule has 8 nitrogen and oxygen atoms in total. The van der Waals surface area contributed by atoms with Gasteiger partial charge in [0.2, 0.25) is 0 Å². The molecule has 218 valence electrons. The van der Waals surface area contributed by atoms with E-state index < -0.39 is 11.2 Å². The number of benzene rings is 2. The van der Waals surface area contributed by atoms with Gasteiger partial charge in [-0.05, 0) is 95.1 Å². The van der Waals surface area contributed by atoms with Crippen LogP contribution < -0.4 is 4.90 Å². The van der Waals surface area contributed by atoms with Crippen LogP contribution in [0.3, 0.4) is 0 Å². The standard InChI is InChI=1S/C18H27N3O2.C13H16BrNO2/c1-18(2,3)23-17(22)21-12-14-5-6-16(11-15(14)13-21)20-9-7-19(4)8-10-20;1-13(2,3)17-12(16)15-7-9-4-5-11(14)6-10(9)8-15/h5-6,11H,7-10,12-13H2,1-4H3;4-6H,7-8H2,1-3H3. The molecule has 3 aliphatic heterocycles. The normalized spacial score (nSPS) is 17.1. The number of halogens is 1. The largest absolute Gasteiger partial charge is 0.444 e. The van der Waals surface area contributed by atoms with Crippen molar-refractivity contribution in [1.82, 2.24) is 14.7 Å². The van der Waals surface area contributed by atoms with Crippen molar-refractivity contribution in [2.45, 2.75) is 78.9 Å². The molecule has 1 fully saturated rings. The Bertz CT molecular complexity index is 1230. The van der Waals surface area contributed by atoms with Crippen molar-refractivity contribution in [2.24, 2.45) is 0 Å². The van der Waals surface area contributed by atoms with Gasteiger partial charge in [0.05, 0.1) is 0 Å². The van der Waals surface area contributed by atoms with Gasteiger partial charge >= 0.3 is 12.2 Å². The minimum atomic E-state index is -0.448. The predicted octanol–water partition coefficient (Wildman–Crippen LogP) is 6.39. The summed E-state index contributed by atoms with van der Waals surface area (Å²) in [4.78, 5) is 32.4. The number of hydrogen-bond donors (Lipinski definition) is 0. The number of rotatable bonds is 1. The van der Waals surface area contributed by atoms with Crippen LogP contribution in [-0.2, 0) is 35.7 Å². The van der Waals surface area contributed by atoms with Crippen molar-refractivity contribution in [2.75, 3.05) is 38.1 Å². The van der Waals surface area contributed by atoms with Gasteiger partial charge in [-0.3, -0.25) is 9.80 Å². The lowest BCUT2D eigenvalue weighted by Crippen LogP contribution is -2.44. The summed E-state index contributed by atoms with van der Waals surface area (Å²) in [6, 6.07) is 12.7. The molecule has 9 heteroatoms. The molecule has 2 aromatic rings. The summed E-state index contributed by atoms with van der Waals surface area (Å²) in [6.45, 7) is 18.2. The van der Waals surface area contributed by atoms with Gasteiger partial charge in [-0.2, -0.15) is 0 Å². The van der Waals surface area contributed by atoms with E-state index in [-0.39, 0.29) is 12.2 Å². The molecule has 0 bridgehead atoms. The molecule has 0 atom stereocenters. The number of carbonyl (C=O) groups excluding carboxylic acids is 2. The van der Waals surface area contributed by atoms with Gasteiger partial charge in [-0.15, -0.1) is 0 Å². The molecule has 5 rings (SSSR count). The summed E-state index contributed by atoms with van der Waals surface area (Å²) in [5, 5.41) is 0. The summed E-state index contributed by atoms with van der Waals surface area (Å²) in [5.41, 5.74) is 5.23. The van der Waals surface area contributed by atoms with Crippen molar-refractivity contribution >= 4 is 33.8 Å². The Hall–Kier alpha value is -2.78. The van der Waals surface area contributed by atoms with Crippen molar-refractivity contribution < 1.29 is 19.1 Å². The van der Waals surface area contributed by atoms with Crippen LogP contribution in [0.15, 0.2) is 40.9 Å². The van der Waals surface area contributed by atoms with E-state index in [0.29, 0.717) is 26.2 Å². The Labute approximate surface area is 247 Å². The summed E-state index contributed by atoms with van der Waals surface area (Å²) in [5.74, 6) is 0. The maximum Gasteiger partial charge on any atom is 0.410 e. The maximum absolute atomic E-state index is 12.2. The molecular weight excluding hydrogens is 572 g/mol. The van der Waals surface area contributed by atoms with Crippen molar-refractivity contribution in [1.29, 1.82) is 0 Å². The van der Waals surface area contributed by atoms with Gasteiger partial charge in [0, 0.05) is 62.5 Å². The van der Waals surface area contributed by atoms with E-state index in [9.17, 15) is 9.59 Å². The number of ether oxygens (including phenoxy) is 2. The van der Waals surface area contributed by atoms with Gasteiger partial charge in [0.1, 0.15) is 11.2 Å². The Kier molecular flexibility index (Phi) is 9.05. The third kappa shape index (κ3) is 8.13. The molecule has 2 aromatic carbocycles. The zero-order chi connectivity index (χ0) is 29.2. The minimum Gasteiger partial charge on any atom is -0.444 e. The maximum atomic E-state index is 12.2. The van der Waals surface area contributed by atoms with E-state index in [0.717, 1.165) is 30.7 Å². The molecule has 2 amide bonds. The van der Waals surface area contributed by atoms with Crippen molar-refractivity contribution in [3.63, 3.8) is 0 Å². The highest BCUT2D eigenvalue weighted by Crippen LogP contribution is 2.29. The first-order chi connectivity index (χ1) is 18.7. The van der Waals surface area contributed by atoms with E-state index >= 15 is 0 Å². The molecule has 0 unspecified atom stereocenters. The lowest BCUT2D eigenvalue weighted by Gasteiger charge is -2.34. The molecule has 3 aliphatic rings. The highest BCUT2D eigenvalue weighted by atomic mass is 79.9. The number of piperazine rings is 1. The van der Waals surface area contributed by atoms with Crippen LogP contribution in [-0.4, -0.2) is 71.3 Å². The van der Waals surface area contributed by atoms with Crippen LogP contribution in [0, 0.1) is 0 Å². The molecule has 1 saturated heterocycles. The Balaban J connectivity index is 0.000000194. The van der Waals surface area contributed by atoms with Crippen LogP contribution in [0.5, 0.6) is 0 Å². The fraction of sp³-hybridized carbons (Fsp3) is 0.548. The molecule has 0 saturated carbocycles. The molecular formula is C31H43BrN4O4. The van der Waals surface area contributed by atoms with E-state index in [2.05, 4.69) is 57.0 Å². The summed E-state index contributed by atoms with van der Waals surface area (Å²) < 4.78 is 11.9. The number of anilines is 1. The average Bonchev–Trinajstić information content (AvgIpc) is 3.46. The fourth-order valence-corrected chi connectivity index (χ4v) is 5.33. The fourth-order valence-electron chi connectivity index (χ4n) is 4.92. The summed E-state index contributed by atoms with van der Waals surface area (Å²) in [6.07, 6.45) is -0.473. The van der Waals surface area contributed by atoms with Crippen molar-refractivity contribution in [3.8, 4) is 0 Å². The Morgan fingerprint density at radius 3 is 1.62 bits per heavy atom. The molecule has 40 heavy (non-hydrogen) atoms. The van der Waals surface area contributed by atoms with Crippen LogP contribution in [0.4, 0.5) is 15.3 Å². The Morgan fingerprint density at radius 1 is 0.675 bits per heavy atom. The van der Waals surface area contributed by atoms with Gasteiger partial charge < -0.3 is 19.3 Å². The van der Waals surface area contributed by atoms with E-state index in [1.54, 1.807) is 9.80 Å². The number of carbonyl (C=O) groups is 2. The van der Waals surface area contributed by atoms with Crippen LogP contribution in [0.25, 0.3) is 0 Å². The second kappa shape index (κ2) is 12.0. The van der Waals surface area contributed by atoms with Gasteiger partial charge in [-0.1, -0.05) is 28.1 Å². The zero-order valence-electron chi connectivity index (χ0n) is 24.9. The second-order valence-corrected chi connectivity index (χ2v) is 13.7. The van der Waals surface area contributed by atoms with E-state index in [1.807, 2.05) is 53.7 Å². The van der Waals surface area contributed by atoms with E-state index in [1.165, 1.54) is 27.9 Å². The third-order valence-electron chi connectivity index (χ3n) is 6.97. The molecule has 0 aromatic heterocycles. The molecule has 0 aliphatic carbocycles. The second-order valence-electron chi connectivity index (χ2n) is 12.8. The summed E-state index contributed by atoms with van der Waals surface area (Å²) in [7, 11) is 2.17. The lowest BCUT2D eigenvalue weighted by atomic mass is 10.1. The smallest absolute Gasteiger partial charge is 0.410 e. The average molecular weight is 616 g/mol. The van der Waals surface area contributed by atoms with Gasteiger partial charge in [0.15, 0.2) is 0 Å². The quantitative estimate of drug-likeness (QED) is 0.371. The van der Waals surface area contributed by atoms with Crippen LogP contribution in [0.1, 0.15) is 63.8 Å². The number of hydrogen-bond acceptors (Lipinski definition) is 6. The predicted molar refractivity (Wildman–Crippen MR) is 161 cm³/mol. The highest BCUT2D eigenvalue weighted by molar-refractivity contribution is 9.10. The monoisotopic (exact) mass is 614 g/mol. The first-order valence-corrected chi connectivity index (χ1v) is 14.7. The lowest BCUT2D eigenvalue weighted by molar-refractivity contribution is 0.0232. The highest BCUT2D eigenvalue weighted by Gasteiger charge is 2.29. The number of fused-ring (bicyclic) bond motifs is 2. The molecule has 0 spiro atoms. The zero-order valence-corrected chi connectivity index (χ0v) is 26.5. The van der Waals surface area contributed by atoms with Crippen LogP contribution in [0.2, 0.25) is 0 Å². The summed E-state index contributed by atoms with van der Waals surface area (Å²) >= 11 is 3.44. The first kappa shape index (κ1) is 30.2. The Morgan fingerprint density at radius 2 is 1.12 bits per heavy atom. The molecule has 0 N–H and O–H groups in total. The van der Waals surface area contributed by atoms with Gasteiger partial charge in [0.25, 0.3) is 0 Å². The molecule has 3 heterocycles. The van der Waals surface area contributed by atoms with Gasteiger partial charge in [-0.25, -0.2) is 9.59 Å². The first-order valence-electron chi connectivity index (χ1n) is 14.0. The molecule has 0 radical (unpaired) electrons. The minimum absolute atomic E-state index is 0.227. The number of amides is 2. The number of nitrogens with zero attached hydrogens (tertiary/aromatic N) is 4. The topological polar surface area (TPSA) is 65.6 Å². The number of likely N-dealkylation sites (N-methyl/N-ethyl adjacent to an activating group) is 1.